The molecule has 1 aliphatic rings. The lowest BCUT2D eigenvalue weighted by Gasteiger charge is -2.26. The zero-order valence-corrected chi connectivity index (χ0v) is 12.1. The number of aliphatic hydroxyl groups is 1. The van der Waals surface area contributed by atoms with Gasteiger partial charge in [-0.2, -0.15) is 0 Å². The predicted octanol–water partition coefficient (Wildman–Crippen LogP) is 0.729. The van der Waals surface area contributed by atoms with Crippen LogP contribution in [0.2, 0.25) is 0 Å². The fraction of sp³-hybridized carbons (Fsp3) is 0.357. The molecule has 0 saturated heterocycles. The van der Waals surface area contributed by atoms with Gasteiger partial charge in [-0.15, -0.1) is 21.5 Å². The zero-order valence-electron chi connectivity index (χ0n) is 11.3. The number of carbonyl (C=O) groups is 1. The molecule has 6 nitrogen and oxygen atoms in total. The zero-order chi connectivity index (χ0) is 14.7. The number of carbonyl (C=O) groups excluding carboxylic acids is 1. The van der Waals surface area contributed by atoms with Crippen LogP contribution in [0.3, 0.4) is 0 Å². The summed E-state index contributed by atoms with van der Waals surface area (Å²) in [6.07, 6.45) is 2.10. The van der Waals surface area contributed by atoms with Crippen molar-refractivity contribution in [2.75, 3.05) is 13.2 Å². The maximum Gasteiger partial charge on any atom is 0.265 e. The van der Waals surface area contributed by atoms with E-state index in [-0.39, 0.29) is 12.5 Å². The number of hydrogen-bond acceptors (Lipinski definition) is 5. The van der Waals surface area contributed by atoms with Crippen molar-refractivity contribution in [1.82, 2.24) is 19.7 Å². The summed E-state index contributed by atoms with van der Waals surface area (Å²) >= 11 is 1.39. The maximum absolute atomic E-state index is 12.6. The summed E-state index contributed by atoms with van der Waals surface area (Å²) in [6, 6.07) is 1.84. The van der Waals surface area contributed by atoms with Crippen molar-refractivity contribution in [2.24, 2.45) is 0 Å². The number of aliphatic hydroxyl groups excluding tert-OH is 1. The quantitative estimate of drug-likeness (QED) is 0.830. The lowest BCUT2D eigenvalue weighted by molar-refractivity contribution is 0.0712. The molecule has 0 fully saturated rings. The van der Waals surface area contributed by atoms with Crippen LogP contribution < -0.4 is 0 Å². The number of fused-ring (bicyclic) bond motifs is 1. The molecule has 0 saturated carbocycles. The van der Waals surface area contributed by atoms with Gasteiger partial charge in [0.15, 0.2) is 5.82 Å². The minimum atomic E-state index is -0.0208. The third-order valence-corrected chi connectivity index (χ3v) is 4.15. The SMILES string of the molecule is O=C(c1sccc1C#CCCO)N1CCn2cnnc2C1. The molecular weight excluding hydrogens is 288 g/mol. The summed E-state index contributed by atoms with van der Waals surface area (Å²) in [6.45, 7) is 1.86. The van der Waals surface area contributed by atoms with Crippen molar-refractivity contribution in [1.29, 1.82) is 0 Å². The topological polar surface area (TPSA) is 71.2 Å². The first-order chi connectivity index (χ1) is 10.3. The van der Waals surface area contributed by atoms with E-state index in [0.717, 1.165) is 11.4 Å². The van der Waals surface area contributed by atoms with E-state index in [2.05, 4.69) is 22.0 Å². The summed E-state index contributed by atoms with van der Waals surface area (Å²) in [5, 5.41) is 18.5. The molecule has 0 atom stereocenters. The standard InChI is InChI=1S/C14H14N4O2S/c19-7-2-1-3-11-4-8-21-13(11)14(20)17-5-6-18-10-15-16-12(18)9-17/h4,8,10,19H,2,5-7,9H2. The molecule has 21 heavy (non-hydrogen) atoms. The Labute approximate surface area is 126 Å². The van der Waals surface area contributed by atoms with Gasteiger partial charge in [-0.1, -0.05) is 11.8 Å². The number of rotatable bonds is 2. The molecule has 0 spiro atoms. The van der Waals surface area contributed by atoms with Crippen molar-refractivity contribution in [3.63, 3.8) is 0 Å². The number of aromatic nitrogens is 3. The number of hydrogen-bond donors (Lipinski definition) is 1. The van der Waals surface area contributed by atoms with Crippen molar-refractivity contribution < 1.29 is 9.90 Å². The smallest absolute Gasteiger partial charge is 0.265 e. The molecule has 2 aromatic heterocycles. The monoisotopic (exact) mass is 302 g/mol. The Bertz CT molecular complexity index is 710. The molecule has 0 aromatic carbocycles. The molecule has 1 N–H and O–H groups in total. The van der Waals surface area contributed by atoms with Crippen LogP contribution in [0.25, 0.3) is 0 Å². The van der Waals surface area contributed by atoms with Gasteiger partial charge in [-0.25, -0.2) is 0 Å². The predicted molar refractivity (Wildman–Crippen MR) is 77.7 cm³/mol. The molecule has 0 bridgehead atoms. The molecule has 0 radical (unpaired) electrons. The highest BCUT2D eigenvalue weighted by molar-refractivity contribution is 7.12. The normalized spacial score (nSPS) is 13.5. The molecule has 7 heteroatoms. The molecule has 0 unspecified atom stereocenters. The van der Waals surface area contributed by atoms with Crippen molar-refractivity contribution in [2.45, 2.75) is 19.5 Å². The Kier molecular flexibility index (Phi) is 3.99. The molecule has 3 rings (SSSR count). The Morgan fingerprint density at radius 1 is 1.48 bits per heavy atom. The van der Waals surface area contributed by atoms with Gasteiger partial charge in [0.1, 0.15) is 11.2 Å². The van der Waals surface area contributed by atoms with Gasteiger partial charge in [-0.3, -0.25) is 4.79 Å². The fourth-order valence-electron chi connectivity index (χ4n) is 2.17. The van der Waals surface area contributed by atoms with Gasteiger partial charge in [0.05, 0.1) is 13.2 Å². The number of amides is 1. The first-order valence-corrected chi connectivity index (χ1v) is 7.50. The van der Waals surface area contributed by atoms with E-state index in [4.69, 9.17) is 5.11 Å². The number of nitrogens with zero attached hydrogens (tertiary/aromatic N) is 4. The summed E-state index contributed by atoms with van der Waals surface area (Å²) in [5.41, 5.74) is 0.727. The highest BCUT2D eigenvalue weighted by Gasteiger charge is 2.24. The second-order valence-corrected chi connectivity index (χ2v) is 5.52. The highest BCUT2D eigenvalue weighted by Crippen LogP contribution is 2.20. The van der Waals surface area contributed by atoms with E-state index in [1.54, 1.807) is 11.2 Å². The third-order valence-electron chi connectivity index (χ3n) is 3.25. The average molecular weight is 302 g/mol. The van der Waals surface area contributed by atoms with Crippen LogP contribution in [0.5, 0.6) is 0 Å². The summed E-state index contributed by atoms with van der Waals surface area (Å²) in [5.74, 6) is 6.59. The van der Waals surface area contributed by atoms with Gasteiger partial charge in [0, 0.05) is 25.1 Å². The van der Waals surface area contributed by atoms with E-state index in [0.29, 0.717) is 30.9 Å². The lowest BCUT2D eigenvalue weighted by Crippen LogP contribution is -2.38. The van der Waals surface area contributed by atoms with Gasteiger partial charge in [0.25, 0.3) is 5.91 Å². The first kappa shape index (κ1) is 13.8. The summed E-state index contributed by atoms with van der Waals surface area (Å²) in [7, 11) is 0. The second-order valence-electron chi connectivity index (χ2n) is 4.61. The van der Waals surface area contributed by atoms with E-state index in [1.165, 1.54) is 11.3 Å². The largest absolute Gasteiger partial charge is 0.395 e. The van der Waals surface area contributed by atoms with Crippen LogP contribution >= 0.6 is 11.3 Å². The van der Waals surface area contributed by atoms with Crippen LogP contribution in [0, 0.1) is 11.8 Å². The minimum Gasteiger partial charge on any atom is -0.395 e. The van der Waals surface area contributed by atoms with E-state index in [1.807, 2.05) is 16.0 Å². The Hall–Kier alpha value is -2.17. The maximum atomic E-state index is 12.6. The van der Waals surface area contributed by atoms with Crippen LogP contribution in [0.4, 0.5) is 0 Å². The fourth-order valence-corrected chi connectivity index (χ4v) is 2.99. The summed E-state index contributed by atoms with van der Waals surface area (Å²) in [4.78, 5) is 15.0. The van der Waals surface area contributed by atoms with Crippen LogP contribution in [-0.4, -0.2) is 43.8 Å². The first-order valence-electron chi connectivity index (χ1n) is 6.63. The van der Waals surface area contributed by atoms with E-state index in [9.17, 15) is 4.79 Å². The minimum absolute atomic E-state index is 0.0208. The van der Waals surface area contributed by atoms with Crippen molar-refractivity contribution >= 4 is 17.2 Å². The molecular formula is C14H14N4O2S. The van der Waals surface area contributed by atoms with Crippen LogP contribution in [0.1, 0.15) is 27.5 Å². The van der Waals surface area contributed by atoms with Crippen molar-refractivity contribution in [3.8, 4) is 11.8 Å². The molecule has 2 aromatic rings. The number of thiophene rings is 1. The molecule has 3 heterocycles. The van der Waals surface area contributed by atoms with Gasteiger partial charge >= 0.3 is 0 Å². The molecule has 108 valence electrons. The van der Waals surface area contributed by atoms with Gasteiger partial charge < -0.3 is 14.6 Å². The molecule has 1 aliphatic heterocycles. The third kappa shape index (κ3) is 2.82. The molecule has 0 aliphatic carbocycles. The van der Waals surface area contributed by atoms with Crippen LogP contribution in [-0.2, 0) is 13.1 Å². The van der Waals surface area contributed by atoms with Gasteiger partial charge in [-0.05, 0) is 11.4 Å². The van der Waals surface area contributed by atoms with Gasteiger partial charge in [0.2, 0.25) is 0 Å². The summed E-state index contributed by atoms with van der Waals surface area (Å²) < 4.78 is 1.96. The van der Waals surface area contributed by atoms with Crippen molar-refractivity contribution in [3.05, 3.63) is 34.0 Å². The second kappa shape index (κ2) is 6.08. The van der Waals surface area contributed by atoms with E-state index < -0.39 is 0 Å². The van der Waals surface area contributed by atoms with Crippen LogP contribution in [0.15, 0.2) is 17.8 Å². The Morgan fingerprint density at radius 2 is 2.38 bits per heavy atom. The highest BCUT2D eigenvalue weighted by atomic mass is 32.1. The van der Waals surface area contributed by atoms with E-state index >= 15 is 0 Å². The molecule has 1 amide bonds. The Balaban J connectivity index is 1.78. The average Bonchev–Trinajstić information content (AvgIpc) is 3.14. The lowest BCUT2D eigenvalue weighted by atomic mass is 10.2. The Morgan fingerprint density at radius 3 is 3.24 bits per heavy atom.